The molecule has 8 heteroatoms. The molecule has 2 aromatic rings. The highest BCUT2D eigenvalue weighted by Crippen LogP contribution is 2.10. The summed E-state index contributed by atoms with van der Waals surface area (Å²) in [5.41, 5.74) is 1.04. The maximum atomic E-state index is 5.40. The van der Waals surface area contributed by atoms with Crippen LogP contribution in [0.3, 0.4) is 0 Å². The van der Waals surface area contributed by atoms with E-state index < -0.39 is 0 Å². The monoisotopic (exact) mass is 317 g/mol. The van der Waals surface area contributed by atoms with Crippen LogP contribution in [0.25, 0.3) is 0 Å². The number of pyridine rings is 1. The van der Waals surface area contributed by atoms with Gasteiger partial charge in [0.2, 0.25) is 5.88 Å². The Kier molecular flexibility index (Phi) is 6.34. The Morgan fingerprint density at radius 1 is 1.30 bits per heavy atom. The lowest BCUT2D eigenvalue weighted by molar-refractivity contribution is 0.326. The second kappa shape index (κ2) is 8.72. The first kappa shape index (κ1) is 16.7. The molecular formula is C15H23N7O. The predicted octanol–water partition coefficient (Wildman–Crippen LogP) is 0.864. The lowest BCUT2D eigenvalue weighted by Crippen LogP contribution is -2.37. The Labute approximate surface area is 136 Å². The second-order valence-electron chi connectivity index (χ2n) is 4.78. The van der Waals surface area contributed by atoms with Gasteiger partial charge in [0.1, 0.15) is 12.2 Å². The van der Waals surface area contributed by atoms with E-state index in [1.54, 1.807) is 10.9 Å². The number of aliphatic imine (C=N–C) groups is 1. The van der Waals surface area contributed by atoms with Crippen molar-refractivity contribution in [3.8, 4) is 5.88 Å². The SMILES string of the molecule is CCNC(=NCc1ccnc(OCC)c1)NCc1ncnn1C. The summed E-state index contributed by atoms with van der Waals surface area (Å²) >= 11 is 0. The molecule has 2 N–H and O–H groups in total. The standard InChI is InChI=1S/C15H23N7O/c1-4-16-15(19-10-13-20-11-21-22(13)3)18-9-12-6-7-17-14(8-12)23-5-2/h6-8,11H,4-5,9-10H2,1-3H3,(H2,16,18,19). The van der Waals surface area contributed by atoms with Crippen molar-refractivity contribution >= 4 is 5.96 Å². The zero-order valence-electron chi connectivity index (χ0n) is 13.8. The van der Waals surface area contributed by atoms with Crippen LogP contribution in [0.4, 0.5) is 0 Å². The summed E-state index contributed by atoms with van der Waals surface area (Å²) < 4.78 is 7.13. The van der Waals surface area contributed by atoms with Gasteiger partial charge in [-0.2, -0.15) is 5.10 Å². The number of guanidine groups is 1. The third kappa shape index (κ3) is 5.24. The lowest BCUT2D eigenvalue weighted by atomic mass is 10.3. The molecule has 0 saturated heterocycles. The maximum absolute atomic E-state index is 5.40. The summed E-state index contributed by atoms with van der Waals surface area (Å²) in [6.07, 6.45) is 3.27. The zero-order valence-corrected chi connectivity index (χ0v) is 13.8. The van der Waals surface area contributed by atoms with E-state index in [1.165, 1.54) is 6.33 Å². The maximum Gasteiger partial charge on any atom is 0.213 e. The van der Waals surface area contributed by atoms with Crippen molar-refractivity contribution in [2.45, 2.75) is 26.9 Å². The van der Waals surface area contributed by atoms with Gasteiger partial charge < -0.3 is 15.4 Å². The summed E-state index contributed by atoms with van der Waals surface area (Å²) in [6, 6.07) is 3.83. The Bertz CT molecular complexity index is 638. The quantitative estimate of drug-likeness (QED) is 0.582. The summed E-state index contributed by atoms with van der Waals surface area (Å²) in [6.45, 7) is 6.44. The molecule has 0 bridgehead atoms. The number of nitrogens with one attached hydrogen (secondary N) is 2. The van der Waals surface area contributed by atoms with Crippen LogP contribution >= 0.6 is 0 Å². The van der Waals surface area contributed by atoms with Crippen molar-refractivity contribution < 1.29 is 4.74 Å². The van der Waals surface area contributed by atoms with E-state index in [0.29, 0.717) is 25.6 Å². The average molecular weight is 317 g/mol. The van der Waals surface area contributed by atoms with Crippen molar-refractivity contribution in [3.05, 3.63) is 36.0 Å². The Morgan fingerprint density at radius 2 is 2.17 bits per heavy atom. The van der Waals surface area contributed by atoms with Gasteiger partial charge in [0.25, 0.3) is 0 Å². The van der Waals surface area contributed by atoms with Crippen LogP contribution in [-0.2, 0) is 20.1 Å². The van der Waals surface area contributed by atoms with Crippen LogP contribution in [-0.4, -0.2) is 38.9 Å². The molecule has 2 rings (SSSR count). The minimum Gasteiger partial charge on any atom is -0.478 e. The minimum atomic E-state index is 0.538. The van der Waals surface area contributed by atoms with E-state index in [2.05, 4.69) is 30.7 Å². The van der Waals surface area contributed by atoms with Gasteiger partial charge in [-0.15, -0.1) is 0 Å². The molecule has 0 aliphatic rings. The van der Waals surface area contributed by atoms with Crippen molar-refractivity contribution in [3.63, 3.8) is 0 Å². The van der Waals surface area contributed by atoms with E-state index in [1.807, 2.05) is 33.0 Å². The van der Waals surface area contributed by atoms with E-state index in [-0.39, 0.29) is 0 Å². The number of nitrogens with zero attached hydrogens (tertiary/aromatic N) is 5. The van der Waals surface area contributed by atoms with Crippen molar-refractivity contribution in [1.29, 1.82) is 0 Å². The fourth-order valence-corrected chi connectivity index (χ4v) is 1.93. The molecule has 0 amide bonds. The summed E-state index contributed by atoms with van der Waals surface area (Å²) in [4.78, 5) is 12.9. The van der Waals surface area contributed by atoms with Gasteiger partial charge in [-0.1, -0.05) is 0 Å². The number of ether oxygens (including phenoxy) is 1. The molecule has 8 nitrogen and oxygen atoms in total. The van der Waals surface area contributed by atoms with Crippen LogP contribution < -0.4 is 15.4 Å². The third-order valence-electron chi connectivity index (χ3n) is 3.07. The highest BCUT2D eigenvalue weighted by molar-refractivity contribution is 5.79. The molecule has 2 heterocycles. The molecule has 0 fully saturated rings. The normalized spacial score (nSPS) is 11.3. The first-order chi connectivity index (χ1) is 11.2. The molecule has 0 radical (unpaired) electrons. The van der Waals surface area contributed by atoms with E-state index >= 15 is 0 Å². The molecular weight excluding hydrogens is 294 g/mol. The molecule has 2 aromatic heterocycles. The Morgan fingerprint density at radius 3 is 2.87 bits per heavy atom. The fraction of sp³-hybridized carbons (Fsp3) is 0.467. The van der Waals surface area contributed by atoms with Crippen LogP contribution in [0, 0.1) is 0 Å². The molecule has 0 unspecified atom stereocenters. The fourth-order valence-electron chi connectivity index (χ4n) is 1.93. The topological polar surface area (TPSA) is 89.2 Å². The lowest BCUT2D eigenvalue weighted by Gasteiger charge is -2.11. The van der Waals surface area contributed by atoms with Gasteiger partial charge in [0, 0.05) is 25.9 Å². The zero-order chi connectivity index (χ0) is 16.5. The van der Waals surface area contributed by atoms with Crippen LogP contribution in [0.5, 0.6) is 5.88 Å². The predicted molar refractivity (Wildman–Crippen MR) is 88.1 cm³/mol. The smallest absolute Gasteiger partial charge is 0.213 e. The van der Waals surface area contributed by atoms with Gasteiger partial charge in [0.15, 0.2) is 5.96 Å². The molecule has 0 aliphatic carbocycles. The molecule has 0 aromatic carbocycles. The Balaban J connectivity index is 1.97. The third-order valence-corrected chi connectivity index (χ3v) is 3.07. The minimum absolute atomic E-state index is 0.538. The highest BCUT2D eigenvalue weighted by atomic mass is 16.5. The molecule has 0 saturated carbocycles. The molecule has 0 aliphatic heterocycles. The first-order valence-corrected chi connectivity index (χ1v) is 7.65. The molecule has 0 spiro atoms. The largest absolute Gasteiger partial charge is 0.478 e. The van der Waals surface area contributed by atoms with E-state index in [0.717, 1.165) is 23.9 Å². The van der Waals surface area contributed by atoms with Crippen LogP contribution in [0.15, 0.2) is 29.6 Å². The number of hydrogen-bond acceptors (Lipinski definition) is 5. The van der Waals surface area contributed by atoms with Gasteiger partial charge in [0.05, 0.1) is 19.7 Å². The number of aryl methyl sites for hydroxylation is 1. The molecule has 0 atom stereocenters. The van der Waals surface area contributed by atoms with Crippen LogP contribution in [0.1, 0.15) is 25.2 Å². The summed E-state index contributed by atoms with van der Waals surface area (Å²) in [5, 5.41) is 10.5. The highest BCUT2D eigenvalue weighted by Gasteiger charge is 2.03. The van der Waals surface area contributed by atoms with Crippen molar-refractivity contribution in [2.75, 3.05) is 13.2 Å². The summed E-state index contributed by atoms with van der Waals surface area (Å²) in [7, 11) is 1.86. The first-order valence-electron chi connectivity index (χ1n) is 7.65. The van der Waals surface area contributed by atoms with Gasteiger partial charge in [-0.3, -0.25) is 4.68 Å². The second-order valence-corrected chi connectivity index (χ2v) is 4.78. The summed E-state index contributed by atoms with van der Waals surface area (Å²) in [5.74, 6) is 2.20. The van der Waals surface area contributed by atoms with E-state index in [4.69, 9.17) is 4.74 Å². The number of hydrogen-bond donors (Lipinski definition) is 2. The number of aromatic nitrogens is 4. The van der Waals surface area contributed by atoms with Crippen molar-refractivity contribution in [1.82, 2.24) is 30.4 Å². The van der Waals surface area contributed by atoms with Gasteiger partial charge in [-0.05, 0) is 25.5 Å². The van der Waals surface area contributed by atoms with Crippen molar-refractivity contribution in [2.24, 2.45) is 12.0 Å². The molecule has 124 valence electrons. The molecule has 23 heavy (non-hydrogen) atoms. The Hall–Kier alpha value is -2.64. The van der Waals surface area contributed by atoms with Gasteiger partial charge >= 0.3 is 0 Å². The van der Waals surface area contributed by atoms with E-state index in [9.17, 15) is 0 Å². The van der Waals surface area contributed by atoms with Crippen LogP contribution in [0.2, 0.25) is 0 Å². The number of rotatable bonds is 7. The average Bonchev–Trinajstić information content (AvgIpc) is 2.96. The van der Waals surface area contributed by atoms with Gasteiger partial charge in [-0.25, -0.2) is 15.0 Å².